The second-order valence-corrected chi connectivity index (χ2v) is 6.66. The van der Waals surface area contributed by atoms with Gasteiger partial charge >= 0.3 is 0 Å². The van der Waals surface area contributed by atoms with Gasteiger partial charge in [-0.3, -0.25) is 0 Å². The Bertz CT molecular complexity index is 353. The molecule has 2 nitrogen and oxygen atoms in total. The van der Waals surface area contributed by atoms with Crippen LogP contribution in [0.3, 0.4) is 0 Å². The van der Waals surface area contributed by atoms with E-state index in [4.69, 9.17) is 17.3 Å². The number of hydrogen-bond donors (Lipinski definition) is 2. The quantitative estimate of drug-likeness (QED) is 0.879. The summed E-state index contributed by atoms with van der Waals surface area (Å²) in [6.45, 7) is 3.01. The molecule has 17 heavy (non-hydrogen) atoms. The van der Waals surface area contributed by atoms with Crippen LogP contribution in [0.15, 0.2) is 12.1 Å². The van der Waals surface area contributed by atoms with Crippen molar-refractivity contribution >= 4 is 22.9 Å². The summed E-state index contributed by atoms with van der Waals surface area (Å²) in [7, 11) is 0. The molecule has 1 fully saturated rings. The predicted octanol–water partition coefficient (Wildman–Crippen LogP) is 3.57. The highest BCUT2D eigenvalue weighted by Crippen LogP contribution is 2.30. The third-order valence-corrected chi connectivity index (χ3v) is 5.11. The smallest absolute Gasteiger partial charge is 0.0931 e. The number of rotatable bonds is 4. The molecule has 0 aromatic carbocycles. The average molecular weight is 273 g/mol. The topological polar surface area (TPSA) is 38.0 Å². The fourth-order valence-electron chi connectivity index (χ4n) is 2.67. The number of thiophene rings is 1. The van der Waals surface area contributed by atoms with Crippen molar-refractivity contribution in [2.24, 2.45) is 11.7 Å². The average Bonchev–Trinajstić information content (AvgIpc) is 2.77. The van der Waals surface area contributed by atoms with Gasteiger partial charge in [0, 0.05) is 17.0 Å². The molecule has 1 aliphatic rings. The summed E-state index contributed by atoms with van der Waals surface area (Å²) in [5.41, 5.74) is 5.85. The lowest BCUT2D eigenvalue weighted by Gasteiger charge is -2.33. The lowest BCUT2D eigenvalue weighted by Crippen LogP contribution is -2.42. The molecule has 0 amide bonds. The van der Waals surface area contributed by atoms with Gasteiger partial charge in [0.15, 0.2) is 0 Å². The third-order valence-electron chi connectivity index (χ3n) is 3.70. The van der Waals surface area contributed by atoms with E-state index in [1.54, 1.807) is 11.3 Å². The lowest BCUT2D eigenvalue weighted by molar-refractivity contribution is 0.253. The van der Waals surface area contributed by atoms with Crippen LogP contribution >= 0.6 is 22.9 Å². The van der Waals surface area contributed by atoms with E-state index in [9.17, 15) is 0 Å². The largest absolute Gasteiger partial charge is 0.330 e. The summed E-state index contributed by atoms with van der Waals surface area (Å²) >= 11 is 7.64. The van der Waals surface area contributed by atoms with Gasteiger partial charge in [-0.05, 0) is 44.4 Å². The third kappa shape index (κ3) is 3.44. The first kappa shape index (κ1) is 13.3. The zero-order chi connectivity index (χ0) is 12.3. The molecular weight excluding hydrogens is 252 g/mol. The van der Waals surface area contributed by atoms with Gasteiger partial charge in [0.1, 0.15) is 0 Å². The van der Waals surface area contributed by atoms with E-state index in [1.165, 1.54) is 30.6 Å². The minimum atomic E-state index is 0.379. The molecule has 3 unspecified atom stereocenters. The maximum absolute atomic E-state index is 5.97. The number of nitrogens with two attached hydrogens (primary N) is 1. The molecule has 1 saturated carbocycles. The minimum Gasteiger partial charge on any atom is -0.330 e. The standard InChI is InChI=1S/C13H21ClN2S/c1-9(12-6-7-13(14)17-12)16-11-5-3-2-4-10(11)8-15/h6-7,9-11,16H,2-5,8,15H2,1H3. The summed E-state index contributed by atoms with van der Waals surface area (Å²) in [6, 6.07) is 5.04. The van der Waals surface area contributed by atoms with Crippen LogP contribution in [0.1, 0.15) is 43.5 Å². The van der Waals surface area contributed by atoms with Gasteiger partial charge in [-0.15, -0.1) is 11.3 Å². The van der Waals surface area contributed by atoms with Crippen LogP contribution in [0.5, 0.6) is 0 Å². The van der Waals surface area contributed by atoms with E-state index in [0.29, 0.717) is 18.0 Å². The molecule has 0 bridgehead atoms. The van der Waals surface area contributed by atoms with Gasteiger partial charge in [0.2, 0.25) is 0 Å². The lowest BCUT2D eigenvalue weighted by atomic mass is 9.84. The molecule has 0 aliphatic heterocycles. The summed E-state index contributed by atoms with van der Waals surface area (Å²) in [6.07, 6.45) is 5.18. The normalized spacial score (nSPS) is 27.0. The van der Waals surface area contributed by atoms with E-state index in [2.05, 4.69) is 18.3 Å². The molecule has 4 heteroatoms. The van der Waals surface area contributed by atoms with Crippen molar-refractivity contribution in [1.29, 1.82) is 0 Å². The van der Waals surface area contributed by atoms with Crippen molar-refractivity contribution in [3.63, 3.8) is 0 Å². The van der Waals surface area contributed by atoms with Crippen LogP contribution in [0.4, 0.5) is 0 Å². The summed E-state index contributed by atoms with van der Waals surface area (Å²) in [5.74, 6) is 0.640. The molecule has 3 atom stereocenters. The van der Waals surface area contributed by atoms with E-state index >= 15 is 0 Å². The first-order valence-corrected chi connectivity index (χ1v) is 7.61. The van der Waals surface area contributed by atoms with E-state index in [1.807, 2.05) is 6.07 Å². The van der Waals surface area contributed by atoms with Crippen molar-refractivity contribution < 1.29 is 0 Å². The number of hydrogen-bond acceptors (Lipinski definition) is 3. The molecule has 1 aromatic rings. The highest BCUT2D eigenvalue weighted by molar-refractivity contribution is 7.16. The van der Waals surface area contributed by atoms with Crippen molar-refractivity contribution in [2.75, 3.05) is 6.54 Å². The van der Waals surface area contributed by atoms with Gasteiger partial charge in [-0.25, -0.2) is 0 Å². The summed E-state index contributed by atoms with van der Waals surface area (Å²) < 4.78 is 0.868. The van der Waals surface area contributed by atoms with Crippen LogP contribution in [0.25, 0.3) is 0 Å². The fraction of sp³-hybridized carbons (Fsp3) is 0.692. The Morgan fingerprint density at radius 2 is 2.24 bits per heavy atom. The first-order valence-electron chi connectivity index (χ1n) is 6.42. The zero-order valence-electron chi connectivity index (χ0n) is 10.3. The Labute approximate surface area is 113 Å². The van der Waals surface area contributed by atoms with Crippen LogP contribution in [0.2, 0.25) is 4.34 Å². The van der Waals surface area contributed by atoms with Crippen molar-refractivity contribution in [3.05, 3.63) is 21.3 Å². The minimum absolute atomic E-state index is 0.379. The summed E-state index contributed by atoms with van der Waals surface area (Å²) in [5, 5.41) is 3.72. The Morgan fingerprint density at radius 1 is 1.47 bits per heavy atom. The summed E-state index contributed by atoms with van der Waals surface area (Å²) in [4.78, 5) is 1.32. The van der Waals surface area contributed by atoms with Gasteiger partial charge < -0.3 is 11.1 Å². The molecule has 0 radical (unpaired) electrons. The van der Waals surface area contributed by atoms with Crippen LogP contribution in [-0.4, -0.2) is 12.6 Å². The molecule has 2 rings (SSSR count). The predicted molar refractivity (Wildman–Crippen MR) is 75.7 cm³/mol. The molecule has 1 aliphatic carbocycles. The molecule has 0 saturated heterocycles. The van der Waals surface area contributed by atoms with Gasteiger partial charge in [-0.2, -0.15) is 0 Å². The van der Waals surface area contributed by atoms with Gasteiger partial charge in [0.05, 0.1) is 4.34 Å². The van der Waals surface area contributed by atoms with Crippen LogP contribution in [-0.2, 0) is 0 Å². The second-order valence-electron chi connectivity index (χ2n) is 4.92. The monoisotopic (exact) mass is 272 g/mol. The van der Waals surface area contributed by atoms with Crippen LogP contribution < -0.4 is 11.1 Å². The maximum Gasteiger partial charge on any atom is 0.0931 e. The van der Waals surface area contributed by atoms with Gasteiger partial charge in [-0.1, -0.05) is 24.4 Å². The Morgan fingerprint density at radius 3 is 2.88 bits per heavy atom. The first-order chi connectivity index (χ1) is 8.20. The number of nitrogens with one attached hydrogen (secondary N) is 1. The highest BCUT2D eigenvalue weighted by atomic mass is 35.5. The molecule has 0 spiro atoms. The number of halogens is 1. The maximum atomic E-state index is 5.97. The molecule has 96 valence electrons. The Balaban J connectivity index is 1.94. The fourth-order valence-corrected chi connectivity index (χ4v) is 3.75. The molecular formula is C13H21ClN2S. The Hall–Kier alpha value is -0.0900. The van der Waals surface area contributed by atoms with E-state index in [0.717, 1.165) is 10.9 Å². The zero-order valence-corrected chi connectivity index (χ0v) is 11.9. The van der Waals surface area contributed by atoms with E-state index in [-0.39, 0.29) is 0 Å². The Kier molecular flexibility index (Phi) is 4.86. The molecule has 3 N–H and O–H groups in total. The van der Waals surface area contributed by atoms with Crippen molar-refractivity contribution in [1.82, 2.24) is 5.32 Å². The molecule has 1 heterocycles. The van der Waals surface area contributed by atoms with Crippen molar-refractivity contribution in [2.45, 2.75) is 44.7 Å². The highest BCUT2D eigenvalue weighted by Gasteiger charge is 2.25. The van der Waals surface area contributed by atoms with E-state index < -0.39 is 0 Å². The second kappa shape index (κ2) is 6.19. The SMILES string of the molecule is CC(NC1CCCCC1CN)c1ccc(Cl)s1. The van der Waals surface area contributed by atoms with Gasteiger partial charge in [0.25, 0.3) is 0 Å². The van der Waals surface area contributed by atoms with Crippen LogP contribution in [0, 0.1) is 5.92 Å². The molecule has 1 aromatic heterocycles. The van der Waals surface area contributed by atoms with Crippen molar-refractivity contribution in [3.8, 4) is 0 Å².